The molecule has 0 aliphatic heterocycles. The van der Waals surface area contributed by atoms with Gasteiger partial charge in [-0.05, 0) is 12.0 Å². The van der Waals surface area contributed by atoms with Gasteiger partial charge < -0.3 is 10.3 Å². The third kappa shape index (κ3) is 1.81. The SMILES string of the molecule is CCC(C)c1onc(N)c1-c1ccccc1. The van der Waals surface area contributed by atoms with Crippen LogP contribution in [0.5, 0.6) is 0 Å². The molecule has 0 amide bonds. The van der Waals surface area contributed by atoms with Gasteiger partial charge in [0.25, 0.3) is 0 Å². The Morgan fingerprint density at radius 3 is 2.62 bits per heavy atom. The van der Waals surface area contributed by atoms with Crippen molar-refractivity contribution in [3.63, 3.8) is 0 Å². The summed E-state index contributed by atoms with van der Waals surface area (Å²) in [6, 6.07) is 10.0. The fourth-order valence-corrected chi connectivity index (χ4v) is 1.73. The number of nitrogens with two attached hydrogens (primary N) is 1. The molecule has 3 nitrogen and oxygen atoms in total. The van der Waals surface area contributed by atoms with Gasteiger partial charge >= 0.3 is 0 Å². The summed E-state index contributed by atoms with van der Waals surface area (Å²) in [7, 11) is 0. The summed E-state index contributed by atoms with van der Waals surface area (Å²) in [4.78, 5) is 0. The van der Waals surface area contributed by atoms with Gasteiger partial charge in [0.05, 0.1) is 5.56 Å². The van der Waals surface area contributed by atoms with Gasteiger partial charge in [-0.2, -0.15) is 0 Å². The summed E-state index contributed by atoms with van der Waals surface area (Å²) >= 11 is 0. The zero-order valence-corrected chi connectivity index (χ0v) is 9.60. The van der Waals surface area contributed by atoms with Crippen LogP contribution in [-0.4, -0.2) is 5.16 Å². The number of nitrogen functional groups attached to an aromatic ring is 1. The van der Waals surface area contributed by atoms with E-state index >= 15 is 0 Å². The highest BCUT2D eigenvalue weighted by molar-refractivity contribution is 5.75. The Balaban J connectivity index is 2.52. The molecular weight excluding hydrogens is 200 g/mol. The van der Waals surface area contributed by atoms with Crippen molar-refractivity contribution in [3.8, 4) is 11.1 Å². The molecule has 2 aromatic rings. The molecule has 1 heterocycles. The molecule has 2 rings (SSSR count). The van der Waals surface area contributed by atoms with E-state index in [1.54, 1.807) is 0 Å². The molecule has 0 radical (unpaired) electrons. The van der Waals surface area contributed by atoms with Crippen LogP contribution >= 0.6 is 0 Å². The highest BCUT2D eigenvalue weighted by Crippen LogP contribution is 2.34. The maximum absolute atomic E-state index is 5.86. The minimum Gasteiger partial charge on any atom is -0.380 e. The molecule has 0 spiro atoms. The molecule has 1 aromatic heterocycles. The highest BCUT2D eigenvalue weighted by atomic mass is 16.5. The molecule has 2 N–H and O–H groups in total. The lowest BCUT2D eigenvalue weighted by Gasteiger charge is -2.07. The molecule has 0 aliphatic carbocycles. The number of nitrogens with zero attached hydrogens (tertiary/aromatic N) is 1. The highest BCUT2D eigenvalue weighted by Gasteiger charge is 2.19. The first-order valence-electron chi connectivity index (χ1n) is 5.54. The first kappa shape index (κ1) is 10.7. The van der Waals surface area contributed by atoms with E-state index in [0.717, 1.165) is 23.3 Å². The lowest BCUT2D eigenvalue weighted by molar-refractivity contribution is 0.366. The van der Waals surface area contributed by atoms with E-state index in [-0.39, 0.29) is 0 Å². The van der Waals surface area contributed by atoms with Gasteiger partial charge in [-0.3, -0.25) is 0 Å². The molecule has 1 unspecified atom stereocenters. The molecule has 0 fully saturated rings. The van der Waals surface area contributed by atoms with Gasteiger partial charge in [0.2, 0.25) is 0 Å². The summed E-state index contributed by atoms with van der Waals surface area (Å²) in [5.41, 5.74) is 7.87. The Morgan fingerprint density at radius 2 is 2.00 bits per heavy atom. The van der Waals surface area contributed by atoms with Gasteiger partial charge in [-0.1, -0.05) is 49.3 Å². The minimum absolute atomic E-state index is 0.333. The van der Waals surface area contributed by atoms with Crippen molar-refractivity contribution >= 4 is 5.82 Å². The fraction of sp³-hybridized carbons (Fsp3) is 0.308. The van der Waals surface area contributed by atoms with Gasteiger partial charge in [0, 0.05) is 5.92 Å². The van der Waals surface area contributed by atoms with Crippen molar-refractivity contribution in [2.45, 2.75) is 26.2 Å². The summed E-state index contributed by atoms with van der Waals surface area (Å²) < 4.78 is 5.33. The van der Waals surface area contributed by atoms with E-state index in [0.29, 0.717) is 11.7 Å². The van der Waals surface area contributed by atoms with Gasteiger partial charge in [-0.25, -0.2) is 0 Å². The summed E-state index contributed by atoms with van der Waals surface area (Å²) in [6.07, 6.45) is 1.01. The number of rotatable bonds is 3. The second kappa shape index (κ2) is 4.39. The zero-order valence-electron chi connectivity index (χ0n) is 9.60. The van der Waals surface area contributed by atoms with Crippen molar-refractivity contribution in [3.05, 3.63) is 36.1 Å². The molecule has 1 aromatic carbocycles. The van der Waals surface area contributed by atoms with E-state index in [1.165, 1.54) is 0 Å². The van der Waals surface area contributed by atoms with Crippen LogP contribution in [0, 0.1) is 0 Å². The van der Waals surface area contributed by atoms with Gasteiger partial charge in [0.15, 0.2) is 5.82 Å². The summed E-state index contributed by atoms with van der Waals surface area (Å²) in [5, 5.41) is 3.86. The standard InChI is InChI=1S/C13H16N2O/c1-3-9(2)12-11(13(14)15-16-12)10-7-5-4-6-8-10/h4-9H,3H2,1-2H3,(H2,14,15). The predicted octanol–water partition coefficient (Wildman–Crippen LogP) is 3.44. The maximum atomic E-state index is 5.86. The Morgan fingerprint density at radius 1 is 1.31 bits per heavy atom. The van der Waals surface area contributed by atoms with E-state index in [1.807, 2.05) is 30.3 Å². The van der Waals surface area contributed by atoms with Gasteiger partial charge in [0.1, 0.15) is 5.76 Å². The second-order valence-electron chi connectivity index (χ2n) is 3.98. The van der Waals surface area contributed by atoms with Crippen molar-refractivity contribution < 1.29 is 4.52 Å². The normalized spacial score (nSPS) is 12.6. The van der Waals surface area contributed by atoms with Crippen LogP contribution in [0.4, 0.5) is 5.82 Å². The third-order valence-corrected chi connectivity index (χ3v) is 2.87. The van der Waals surface area contributed by atoms with E-state index < -0.39 is 0 Å². The number of hydrogen-bond donors (Lipinski definition) is 1. The molecule has 1 atom stereocenters. The molecule has 84 valence electrons. The monoisotopic (exact) mass is 216 g/mol. The van der Waals surface area contributed by atoms with E-state index in [9.17, 15) is 0 Å². The molecule has 3 heteroatoms. The quantitative estimate of drug-likeness (QED) is 0.855. The Bertz CT molecular complexity index is 462. The van der Waals surface area contributed by atoms with E-state index in [2.05, 4.69) is 19.0 Å². The van der Waals surface area contributed by atoms with Crippen LogP contribution in [0.1, 0.15) is 31.9 Å². The molecule has 0 saturated carbocycles. The first-order chi connectivity index (χ1) is 7.74. The predicted molar refractivity (Wildman–Crippen MR) is 65.1 cm³/mol. The first-order valence-corrected chi connectivity index (χ1v) is 5.54. The topological polar surface area (TPSA) is 52.0 Å². The number of benzene rings is 1. The summed E-state index contributed by atoms with van der Waals surface area (Å²) in [6.45, 7) is 4.24. The molecule has 0 aliphatic rings. The van der Waals surface area contributed by atoms with E-state index in [4.69, 9.17) is 10.3 Å². The third-order valence-electron chi connectivity index (χ3n) is 2.87. The maximum Gasteiger partial charge on any atom is 0.175 e. The van der Waals surface area contributed by atoms with Crippen LogP contribution in [0.2, 0.25) is 0 Å². The van der Waals surface area contributed by atoms with Gasteiger partial charge in [-0.15, -0.1) is 0 Å². The lowest BCUT2D eigenvalue weighted by Crippen LogP contribution is -1.94. The zero-order chi connectivity index (χ0) is 11.5. The smallest absolute Gasteiger partial charge is 0.175 e. The molecule has 0 saturated heterocycles. The second-order valence-corrected chi connectivity index (χ2v) is 3.98. The van der Waals surface area contributed by atoms with Crippen LogP contribution in [0.25, 0.3) is 11.1 Å². The van der Waals surface area contributed by atoms with Crippen LogP contribution in [0.15, 0.2) is 34.9 Å². The fourth-order valence-electron chi connectivity index (χ4n) is 1.73. The van der Waals surface area contributed by atoms with Crippen LogP contribution < -0.4 is 5.73 Å². The Labute approximate surface area is 95.3 Å². The molecule has 0 bridgehead atoms. The Kier molecular flexibility index (Phi) is 2.95. The largest absolute Gasteiger partial charge is 0.380 e. The average Bonchev–Trinajstić information content (AvgIpc) is 2.71. The van der Waals surface area contributed by atoms with Crippen molar-refractivity contribution in [2.24, 2.45) is 0 Å². The van der Waals surface area contributed by atoms with Crippen molar-refractivity contribution in [2.75, 3.05) is 5.73 Å². The summed E-state index contributed by atoms with van der Waals surface area (Å²) in [5.74, 6) is 1.69. The van der Waals surface area contributed by atoms with Crippen molar-refractivity contribution in [1.29, 1.82) is 0 Å². The molecule has 16 heavy (non-hydrogen) atoms. The Hall–Kier alpha value is -1.77. The average molecular weight is 216 g/mol. The molecular formula is C13H16N2O. The van der Waals surface area contributed by atoms with Crippen LogP contribution in [-0.2, 0) is 0 Å². The van der Waals surface area contributed by atoms with Crippen LogP contribution in [0.3, 0.4) is 0 Å². The number of aromatic nitrogens is 1. The number of hydrogen-bond acceptors (Lipinski definition) is 3. The number of anilines is 1. The van der Waals surface area contributed by atoms with Crippen molar-refractivity contribution in [1.82, 2.24) is 5.16 Å². The minimum atomic E-state index is 0.333. The lowest BCUT2D eigenvalue weighted by atomic mass is 9.97.